The average Bonchev–Trinajstić information content (AvgIpc) is 2.37. The van der Waals surface area contributed by atoms with Gasteiger partial charge in [-0.25, -0.2) is 4.79 Å². The lowest BCUT2D eigenvalue weighted by atomic mass is 10.2. The third-order valence-corrected chi connectivity index (χ3v) is 2.20. The van der Waals surface area contributed by atoms with Crippen LogP contribution >= 0.6 is 0 Å². The van der Waals surface area contributed by atoms with Gasteiger partial charge in [-0.05, 0) is 19.1 Å². The molecule has 0 unspecified atom stereocenters. The van der Waals surface area contributed by atoms with Gasteiger partial charge in [0, 0.05) is 0 Å². The minimum absolute atomic E-state index is 0.0151. The molecule has 0 heterocycles. The largest absolute Gasteiger partial charge is 0.496 e. The summed E-state index contributed by atoms with van der Waals surface area (Å²) < 4.78 is 14.5. The SMILES string of the molecule is COC(=O)[C@H](C)Oc1ccc(OC)cc1[N+](=O)[O-]. The summed E-state index contributed by atoms with van der Waals surface area (Å²) in [5, 5.41) is 10.9. The van der Waals surface area contributed by atoms with Gasteiger partial charge in [0.1, 0.15) is 5.75 Å². The molecule has 0 aromatic heterocycles. The molecule has 0 N–H and O–H groups in total. The summed E-state index contributed by atoms with van der Waals surface area (Å²) in [6, 6.07) is 4.10. The number of esters is 1. The number of hydrogen-bond acceptors (Lipinski definition) is 6. The molecule has 0 aliphatic heterocycles. The number of benzene rings is 1. The van der Waals surface area contributed by atoms with E-state index in [1.165, 1.54) is 39.3 Å². The molecule has 1 aromatic rings. The molecule has 1 aromatic carbocycles. The van der Waals surface area contributed by atoms with Crippen molar-refractivity contribution in [1.82, 2.24) is 0 Å². The van der Waals surface area contributed by atoms with E-state index in [-0.39, 0.29) is 11.4 Å². The highest BCUT2D eigenvalue weighted by molar-refractivity contribution is 5.74. The number of methoxy groups -OCH3 is 2. The van der Waals surface area contributed by atoms with Crippen LogP contribution in [0, 0.1) is 10.1 Å². The van der Waals surface area contributed by atoms with Gasteiger partial charge >= 0.3 is 11.7 Å². The maximum absolute atomic E-state index is 11.2. The second-order valence-corrected chi connectivity index (χ2v) is 3.37. The molecule has 18 heavy (non-hydrogen) atoms. The summed E-state index contributed by atoms with van der Waals surface area (Å²) >= 11 is 0. The highest BCUT2D eigenvalue weighted by atomic mass is 16.6. The summed E-state index contributed by atoms with van der Waals surface area (Å²) in [6.45, 7) is 1.44. The quantitative estimate of drug-likeness (QED) is 0.450. The highest BCUT2D eigenvalue weighted by Gasteiger charge is 2.22. The first-order valence-corrected chi connectivity index (χ1v) is 5.06. The molecule has 0 radical (unpaired) electrons. The Hall–Kier alpha value is -2.31. The predicted molar refractivity (Wildman–Crippen MR) is 61.8 cm³/mol. The van der Waals surface area contributed by atoms with Gasteiger partial charge in [-0.2, -0.15) is 0 Å². The molecule has 0 fully saturated rings. The minimum Gasteiger partial charge on any atom is -0.496 e. The van der Waals surface area contributed by atoms with Crippen LogP contribution in [-0.4, -0.2) is 31.2 Å². The first-order valence-electron chi connectivity index (χ1n) is 5.06. The van der Waals surface area contributed by atoms with E-state index in [9.17, 15) is 14.9 Å². The standard InChI is InChI=1S/C11H13NO6/c1-7(11(13)17-3)18-10-5-4-8(16-2)6-9(10)12(14)15/h4-7H,1-3H3/t7-/m0/s1. The van der Waals surface area contributed by atoms with Gasteiger partial charge in [0.25, 0.3) is 0 Å². The Morgan fingerprint density at radius 1 is 1.39 bits per heavy atom. The lowest BCUT2D eigenvalue weighted by Gasteiger charge is -2.12. The topological polar surface area (TPSA) is 87.9 Å². The molecule has 98 valence electrons. The molecule has 0 aliphatic rings. The van der Waals surface area contributed by atoms with Crippen LogP contribution in [0.25, 0.3) is 0 Å². The number of nitrogens with zero attached hydrogens (tertiary/aromatic N) is 1. The van der Waals surface area contributed by atoms with Crippen LogP contribution in [0.1, 0.15) is 6.92 Å². The Kier molecular flexibility index (Phi) is 4.47. The second kappa shape index (κ2) is 5.85. The zero-order chi connectivity index (χ0) is 13.7. The Morgan fingerprint density at radius 2 is 2.06 bits per heavy atom. The van der Waals surface area contributed by atoms with E-state index in [1.807, 2.05) is 0 Å². The number of rotatable bonds is 5. The maximum atomic E-state index is 11.2. The average molecular weight is 255 g/mol. The zero-order valence-corrected chi connectivity index (χ0v) is 10.2. The first-order chi connectivity index (χ1) is 8.49. The van der Waals surface area contributed by atoms with Crippen molar-refractivity contribution in [3.05, 3.63) is 28.3 Å². The fourth-order valence-corrected chi connectivity index (χ4v) is 1.27. The van der Waals surface area contributed by atoms with Crippen LogP contribution in [0.4, 0.5) is 5.69 Å². The Morgan fingerprint density at radius 3 is 2.56 bits per heavy atom. The Balaban J connectivity index is 3.01. The van der Waals surface area contributed by atoms with Crippen LogP contribution in [0.3, 0.4) is 0 Å². The van der Waals surface area contributed by atoms with Gasteiger partial charge in [-0.1, -0.05) is 0 Å². The van der Waals surface area contributed by atoms with E-state index >= 15 is 0 Å². The highest BCUT2D eigenvalue weighted by Crippen LogP contribution is 2.31. The van der Waals surface area contributed by atoms with E-state index in [4.69, 9.17) is 9.47 Å². The molecule has 1 rings (SSSR count). The van der Waals surface area contributed by atoms with Crippen molar-refractivity contribution in [2.24, 2.45) is 0 Å². The number of nitro benzene ring substituents is 1. The lowest BCUT2D eigenvalue weighted by Crippen LogP contribution is -2.25. The molecular formula is C11H13NO6. The van der Waals surface area contributed by atoms with Gasteiger partial charge in [0.05, 0.1) is 25.2 Å². The van der Waals surface area contributed by atoms with E-state index in [0.717, 1.165) is 0 Å². The van der Waals surface area contributed by atoms with Gasteiger partial charge < -0.3 is 14.2 Å². The Labute approximate surface area is 103 Å². The summed E-state index contributed by atoms with van der Waals surface area (Å²) in [5.41, 5.74) is -0.273. The van der Waals surface area contributed by atoms with Crippen LogP contribution in [0.15, 0.2) is 18.2 Å². The van der Waals surface area contributed by atoms with E-state index in [0.29, 0.717) is 5.75 Å². The van der Waals surface area contributed by atoms with Crippen molar-refractivity contribution in [2.75, 3.05) is 14.2 Å². The molecule has 0 aliphatic carbocycles. The molecule has 7 nitrogen and oxygen atoms in total. The van der Waals surface area contributed by atoms with Crippen molar-refractivity contribution in [1.29, 1.82) is 0 Å². The van der Waals surface area contributed by atoms with Gasteiger partial charge in [-0.3, -0.25) is 10.1 Å². The third-order valence-electron chi connectivity index (χ3n) is 2.20. The molecule has 0 saturated carbocycles. The Bertz CT molecular complexity index is 459. The van der Waals surface area contributed by atoms with Crippen LogP contribution in [0.2, 0.25) is 0 Å². The van der Waals surface area contributed by atoms with Crippen molar-refractivity contribution in [3.63, 3.8) is 0 Å². The molecule has 0 saturated heterocycles. The van der Waals surface area contributed by atoms with Gasteiger partial charge in [-0.15, -0.1) is 0 Å². The third kappa shape index (κ3) is 3.09. The van der Waals surface area contributed by atoms with E-state index in [2.05, 4.69) is 4.74 Å². The van der Waals surface area contributed by atoms with E-state index < -0.39 is 17.0 Å². The van der Waals surface area contributed by atoms with Gasteiger partial charge in [0.2, 0.25) is 0 Å². The number of nitro groups is 1. The number of ether oxygens (including phenoxy) is 3. The van der Waals surface area contributed by atoms with Crippen molar-refractivity contribution in [2.45, 2.75) is 13.0 Å². The second-order valence-electron chi connectivity index (χ2n) is 3.37. The molecule has 1 atom stereocenters. The number of carbonyl (C=O) groups is 1. The number of hydrogen-bond donors (Lipinski definition) is 0. The van der Waals surface area contributed by atoms with Crippen LogP contribution < -0.4 is 9.47 Å². The molecule has 0 spiro atoms. The normalized spacial score (nSPS) is 11.5. The summed E-state index contributed by atoms with van der Waals surface area (Å²) in [4.78, 5) is 21.4. The molecule has 0 bridgehead atoms. The number of carbonyl (C=O) groups excluding carboxylic acids is 1. The smallest absolute Gasteiger partial charge is 0.346 e. The van der Waals surface area contributed by atoms with Crippen LogP contribution in [-0.2, 0) is 9.53 Å². The predicted octanol–water partition coefficient (Wildman–Crippen LogP) is 1.54. The maximum Gasteiger partial charge on any atom is 0.346 e. The van der Waals surface area contributed by atoms with E-state index in [1.54, 1.807) is 0 Å². The van der Waals surface area contributed by atoms with Crippen molar-refractivity contribution in [3.8, 4) is 11.5 Å². The van der Waals surface area contributed by atoms with Crippen LogP contribution in [0.5, 0.6) is 11.5 Å². The summed E-state index contributed by atoms with van der Waals surface area (Å²) in [5.74, 6) is -0.293. The first kappa shape index (κ1) is 13.8. The van der Waals surface area contributed by atoms with Gasteiger partial charge in [0.15, 0.2) is 11.9 Å². The molecular weight excluding hydrogens is 242 g/mol. The monoisotopic (exact) mass is 255 g/mol. The fraction of sp³-hybridized carbons (Fsp3) is 0.364. The molecule has 0 amide bonds. The van der Waals surface area contributed by atoms with Crippen molar-refractivity contribution < 1.29 is 23.9 Å². The van der Waals surface area contributed by atoms with Crippen molar-refractivity contribution >= 4 is 11.7 Å². The minimum atomic E-state index is -0.929. The lowest BCUT2D eigenvalue weighted by molar-refractivity contribution is -0.386. The summed E-state index contributed by atoms with van der Waals surface area (Å²) in [6.07, 6.45) is -0.929. The fourth-order valence-electron chi connectivity index (χ4n) is 1.27. The summed E-state index contributed by atoms with van der Waals surface area (Å²) in [7, 11) is 2.61. The zero-order valence-electron chi connectivity index (χ0n) is 10.2. The molecule has 7 heteroatoms.